The number of rotatable bonds is 4. The van der Waals surface area contributed by atoms with E-state index in [1.165, 1.54) is 0 Å². The van der Waals surface area contributed by atoms with Crippen molar-refractivity contribution < 1.29 is 9.53 Å². The van der Waals surface area contributed by atoms with Crippen molar-refractivity contribution in [1.82, 2.24) is 10.2 Å². The molecule has 1 aromatic rings. The SMILES string of the molecule is CCOC(=O)CC=Cc1ccn[nH]1. The number of carbonyl (C=O) groups is 1. The maximum Gasteiger partial charge on any atom is 0.309 e. The molecule has 1 N–H and O–H groups in total. The second kappa shape index (κ2) is 5.13. The van der Waals surface area contributed by atoms with Crippen LogP contribution >= 0.6 is 0 Å². The van der Waals surface area contributed by atoms with Gasteiger partial charge in [-0.25, -0.2) is 0 Å². The topological polar surface area (TPSA) is 55.0 Å². The number of carbonyl (C=O) groups excluding carboxylic acids is 1. The summed E-state index contributed by atoms with van der Waals surface area (Å²) in [6.45, 7) is 2.22. The van der Waals surface area contributed by atoms with Crippen molar-refractivity contribution in [1.29, 1.82) is 0 Å². The number of H-pyrrole nitrogens is 1. The van der Waals surface area contributed by atoms with Crippen molar-refractivity contribution in [2.24, 2.45) is 0 Å². The number of hydrogen-bond donors (Lipinski definition) is 1. The van der Waals surface area contributed by atoms with Crippen LogP contribution in [-0.2, 0) is 9.53 Å². The average molecular weight is 180 g/mol. The zero-order chi connectivity index (χ0) is 9.52. The molecule has 0 fully saturated rings. The van der Waals surface area contributed by atoms with Crippen molar-refractivity contribution in [3.63, 3.8) is 0 Å². The maximum atomic E-state index is 10.9. The highest BCUT2D eigenvalue weighted by atomic mass is 16.5. The number of hydrogen-bond acceptors (Lipinski definition) is 3. The van der Waals surface area contributed by atoms with Gasteiger partial charge >= 0.3 is 5.97 Å². The molecule has 70 valence electrons. The van der Waals surface area contributed by atoms with Gasteiger partial charge in [-0.15, -0.1) is 0 Å². The van der Waals surface area contributed by atoms with Gasteiger partial charge in [-0.1, -0.05) is 6.08 Å². The first-order valence-electron chi connectivity index (χ1n) is 4.14. The van der Waals surface area contributed by atoms with E-state index >= 15 is 0 Å². The van der Waals surface area contributed by atoms with Crippen molar-refractivity contribution in [2.45, 2.75) is 13.3 Å². The average Bonchev–Trinajstić information content (AvgIpc) is 2.57. The van der Waals surface area contributed by atoms with Crippen molar-refractivity contribution in [3.8, 4) is 0 Å². The van der Waals surface area contributed by atoms with E-state index in [1.807, 2.05) is 6.07 Å². The number of nitrogens with zero attached hydrogens (tertiary/aromatic N) is 1. The van der Waals surface area contributed by atoms with Gasteiger partial charge in [-0.05, 0) is 19.1 Å². The molecule has 0 aliphatic rings. The Morgan fingerprint density at radius 1 is 1.77 bits per heavy atom. The van der Waals surface area contributed by atoms with Crippen molar-refractivity contribution >= 4 is 12.0 Å². The van der Waals surface area contributed by atoms with Crippen LogP contribution in [0.5, 0.6) is 0 Å². The summed E-state index contributed by atoms with van der Waals surface area (Å²) in [6, 6.07) is 1.82. The van der Waals surface area contributed by atoms with Crippen LogP contribution in [0.25, 0.3) is 6.08 Å². The normalized spacial score (nSPS) is 10.5. The molecule has 0 saturated carbocycles. The molecule has 0 atom stereocenters. The van der Waals surface area contributed by atoms with E-state index in [0.29, 0.717) is 13.0 Å². The predicted molar refractivity (Wildman–Crippen MR) is 48.9 cm³/mol. The minimum atomic E-state index is -0.210. The zero-order valence-electron chi connectivity index (χ0n) is 7.49. The van der Waals surface area contributed by atoms with Crippen LogP contribution < -0.4 is 0 Å². The number of ether oxygens (including phenoxy) is 1. The number of aromatic amines is 1. The Morgan fingerprint density at radius 2 is 2.62 bits per heavy atom. The van der Waals surface area contributed by atoms with Crippen LogP contribution in [0.15, 0.2) is 18.3 Å². The van der Waals surface area contributed by atoms with E-state index in [0.717, 1.165) is 5.69 Å². The van der Waals surface area contributed by atoms with Crippen LogP contribution in [-0.4, -0.2) is 22.8 Å². The second-order valence-electron chi connectivity index (χ2n) is 2.42. The summed E-state index contributed by atoms with van der Waals surface area (Å²) >= 11 is 0. The van der Waals surface area contributed by atoms with Gasteiger partial charge in [0.2, 0.25) is 0 Å². The smallest absolute Gasteiger partial charge is 0.309 e. The molecule has 0 aliphatic carbocycles. The molecule has 0 amide bonds. The molecule has 0 spiro atoms. The molecule has 13 heavy (non-hydrogen) atoms. The minimum absolute atomic E-state index is 0.210. The van der Waals surface area contributed by atoms with Crippen molar-refractivity contribution in [3.05, 3.63) is 24.0 Å². The number of nitrogens with one attached hydrogen (secondary N) is 1. The predicted octanol–water partition coefficient (Wildman–Crippen LogP) is 1.38. The van der Waals surface area contributed by atoms with Crippen LogP contribution in [0.1, 0.15) is 19.0 Å². The third kappa shape index (κ3) is 3.55. The van der Waals surface area contributed by atoms with Crippen LogP contribution in [0, 0.1) is 0 Å². The van der Waals surface area contributed by atoms with Gasteiger partial charge in [0.05, 0.1) is 18.7 Å². The van der Waals surface area contributed by atoms with Crippen LogP contribution in [0.2, 0.25) is 0 Å². The van der Waals surface area contributed by atoms with Gasteiger partial charge in [0, 0.05) is 6.20 Å². The van der Waals surface area contributed by atoms with Gasteiger partial charge in [-0.3, -0.25) is 9.89 Å². The van der Waals surface area contributed by atoms with Gasteiger partial charge in [-0.2, -0.15) is 5.10 Å². The maximum absolute atomic E-state index is 10.9. The first kappa shape index (κ1) is 9.51. The fraction of sp³-hybridized carbons (Fsp3) is 0.333. The molecular weight excluding hydrogens is 168 g/mol. The van der Waals surface area contributed by atoms with E-state index < -0.39 is 0 Å². The van der Waals surface area contributed by atoms with Gasteiger partial charge in [0.1, 0.15) is 0 Å². The molecule has 1 aromatic heterocycles. The lowest BCUT2D eigenvalue weighted by molar-refractivity contribution is -0.142. The van der Waals surface area contributed by atoms with Crippen molar-refractivity contribution in [2.75, 3.05) is 6.61 Å². The highest BCUT2D eigenvalue weighted by molar-refractivity contribution is 5.72. The fourth-order valence-electron chi connectivity index (χ4n) is 0.861. The molecular formula is C9H12N2O2. The summed E-state index contributed by atoms with van der Waals surface area (Å²) in [5.41, 5.74) is 0.879. The molecule has 4 nitrogen and oxygen atoms in total. The Hall–Kier alpha value is -1.58. The lowest BCUT2D eigenvalue weighted by atomic mass is 10.3. The third-order valence-corrected chi connectivity index (χ3v) is 1.41. The third-order valence-electron chi connectivity index (χ3n) is 1.41. The Morgan fingerprint density at radius 3 is 3.23 bits per heavy atom. The Balaban J connectivity index is 2.30. The van der Waals surface area contributed by atoms with E-state index in [9.17, 15) is 4.79 Å². The first-order chi connectivity index (χ1) is 6.33. The highest BCUT2D eigenvalue weighted by Crippen LogP contribution is 1.97. The highest BCUT2D eigenvalue weighted by Gasteiger charge is 1.95. The van der Waals surface area contributed by atoms with E-state index in [-0.39, 0.29) is 5.97 Å². The zero-order valence-corrected chi connectivity index (χ0v) is 7.49. The summed E-state index contributed by atoms with van der Waals surface area (Å²) in [5, 5.41) is 6.52. The van der Waals surface area contributed by atoms with Crippen LogP contribution in [0.3, 0.4) is 0 Å². The summed E-state index contributed by atoms with van der Waals surface area (Å²) < 4.78 is 4.75. The molecule has 0 unspecified atom stereocenters. The summed E-state index contributed by atoms with van der Waals surface area (Å²) in [4.78, 5) is 10.9. The molecule has 0 saturated heterocycles. The first-order valence-corrected chi connectivity index (χ1v) is 4.14. The quantitative estimate of drug-likeness (QED) is 0.712. The van der Waals surface area contributed by atoms with E-state index in [1.54, 1.807) is 25.3 Å². The minimum Gasteiger partial charge on any atom is -0.466 e. The Labute approximate surface area is 76.6 Å². The number of esters is 1. The fourth-order valence-corrected chi connectivity index (χ4v) is 0.861. The second-order valence-corrected chi connectivity index (χ2v) is 2.42. The van der Waals surface area contributed by atoms with E-state index in [4.69, 9.17) is 4.74 Å². The molecule has 4 heteroatoms. The molecule has 0 bridgehead atoms. The number of aromatic nitrogens is 2. The van der Waals surface area contributed by atoms with Crippen LogP contribution in [0.4, 0.5) is 0 Å². The van der Waals surface area contributed by atoms with E-state index in [2.05, 4.69) is 10.2 Å². The Bertz CT molecular complexity index is 278. The largest absolute Gasteiger partial charge is 0.466 e. The lowest BCUT2D eigenvalue weighted by Crippen LogP contribution is -2.01. The molecule has 0 radical (unpaired) electrons. The molecule has 0 aliphatic heterocycles. The summed E-state index contributed by atoms with van der Waals surface area (Å²) in [6.07, 6.45) is 5.49. The Kier molecular flexibility index (Phi) is 3.75. The van der Waals surface area contributed by atoms with Gasteiger partial charge in [0.25, 0.3) is 0 Å². The molecule has 1 heterocycles. The summed E-state index contributed by atoms with van der Waals surface area (Å²) in [5.74, 6) is -0.210. The van der Waals surface area contributed by atoms with Gasteiger partial charge in [0.15, 0.2) is 0 Å². The molecule has 1 rings (SSSR count). The lowest BCUT2D eigenvalue weighted by Gasteiger charge is -1.95. The van der Waals surface area contributed by atoms with Gasteiger partial charge < -0.3 is 4.74 Å². The standard InChI is InChI=1S/C9H12N2O2/c1-2-13-9(12)5-3-4-8-6-7-10-11-8/h3-4,6-7H,2,5H2,1H3,(H,10,11). The molecule has 0 aromatic carbocycles. The summed E-state index contributed by atoms with van der Waals surface area (Å²) in [7, 11) is 0. The monoisotopic (exact) mass is 180 g/mol.